The molecule has 0 aliphatic carbocycles. The maximum Gasteiger partial charge on any atom is 0.246 e. The largest absolute Gasteiger partial charge is 0.496 e. The molecule has 0 fully saturated rings. The van der Waals surface area contributed by atoms with E-state index in [0.29, 0.717) is 13.1 Å². The van der Waals surface area contributed by atoms with Gasteiger partial charge in [-0.3, -0.25) is 4.79 Å². The maximum absolute atomic E-state index is 12.1. The zero-order chi connectivity index (χ0) is 15.7. The fourth-order valence-electron chi connectivity index (χ4n) is 2.90. The van der Waals surface area contributed by atoms with E-state index in [9.17, 15) is 4.79 Å². The van der Waals surface area contributed by atoms with Crippen LogP contribution < -0.4 is 4.74 Å². The van der Waals surface area contributed by atoms with Crippen LogP contribution in [0, 0.1) is 0 Å². The zero-order valence-electron chi connectivity index (χ0n) is 12.2. The normalized spacial score (nSPS) is 17.0. The van der Waals surface area contributed by atoms with Crippen molar-refractivity contribution in [3.63, 3.8) is 0 Å². The number of hydrogen-bond acceptors (Lipinski definition) is 3. The summed E-state index contributed by atoms with van der Waals surface area (Å²) in [5.41, 5.74) is 2.26. The van der Waals surface area contributed by atoms with Gasteiger partial charge in [-0.05, 0) is 23.8 Å². The Morgan fingerprint density at radius 2 is 2.23 bits per heavy atom. The Bertz CT molecular complexity index is 725. The number of methoxy groups -OCH3 is 1. The van der Waals surface area contributed by atoms with Gasteiger partial charge in [0.05, 0.1) is 18.0 Å². The third-order valence-corrected chi connectivity index (χ3v) is 5.19. The van der Waals surface area contributed by atoms with Crippen LogP contribution >= 0.6 is 22.9 Å². The second kappa shape index (κ2) is 6.15. The number of amides is 1. The molecule has 22 heavy (non-hydrogen) atoms. The van der Waals surface area contributed by atoms with Crippen LogP contribution in [0.5, 0.6) is 5.75 Å². The number of carbonyl (C=O) groups is 1. The topological polar surface area (TPSA) is 29.5 Å². The summed E-state index contributed by atoms with van der Waals surface area (Å²) in [5, 5.41) is 0. The SMILES string of the molecule is C=CC(=O)N1Cc2sc(Cl)cc2[C@@H](c2ccccc2OC)C1. The van der Waals surface area contributed by atoms with Crippen molar-refractivity contribution in [2.75, 3.05) is 13.7 Å². The molecular weight excluding hydrogens is 318 g/mol. The van der Waals surface area contributed by atoms with Crippen LogP contribution in [0.15, 0.2) is 43.0 Å². The molecule has 0 saturated heterocycles. The number of benzene rings is 1. The Morgan fingerprint density at radius 1 is 1.45 bits per heavy atom. The van der Waals surface area contributed by atoms with Gasteiger partial charge in [-0.1, -0.05) is 36.4 Å². The molecule has 1 amide bonds. The molecule has 0 saturated carbocycles. The Balaban J connectivity index is 2.08. The highest BCUT2D eigenvalue weighted by atomic mass is 35.5. The van der Waals surface area contributed by atoms with Crippen LogP contribution in [0.3, 0.4) is 0 Å². The van der Waals surface area contributed by atoms with Crippen LogP contribution in [0.4, 0.5) is 0 Å². The minimum absolute atomic E-state index is 0.0601. The van der Waals surface area contributed by atoms with E-state index in [4.69, 9.17) is 16.3 Å². The summed E-state index contributed by atoms with van der Waals surface area (Å²) in [4.78, 5) is 15.0. The average molecular weight is 334 g/mol. The first-order valence-corrected chi connectivity index (χ1v) is 8.16. The first-order chi connectivity index (χ1) is 10.6. The van der Waals surface area contributed by atoms with E-state index >= 15 is 0 Å². The van der Waals surface area contributed by atoms with Gasteiger partial charge in [0.25, 0.3) is 0 Å². The van der Waals surface area contributed by atoms with E-state index in [1.807, 2.05) is 30.3 Å². The lowest BCUT2D eigenvalue weighted by atomic mass is 9.88. The third-order valence-electron chi connectivity index (χ3n) is 3.93. The minimum atomic E-state index is -0.0601. The van der Waals surface area contributed by atoms with E-state index in [-0.39, 0.29) is 11.8 Å². The van der Waals surface area contributed by atoms with Gasteiger partial charge >= 0.3 is 0 Å². The molecule has 0 bridgehead atoms. The first kappa shape index (κ1) is 15.1. The molecule has 2 heterocycles. The lowest BCUT2D eigenvalue weighted by molar-refractivity contribution is -0.127. The molecule has 1 aromatic heterocycles. The number of ether oxygens (including phenoxy) is 1. The van der Waals surface area contributed by atoms with Gasteiger partial charge < -0.3 is 9.64 Å². The van der Waals surface area contributed by atoms with E-state index in [1.54, 1.807) is 12.0 Å². The molecular formula is C17H16ClNO2S. The molecule has 1 aromatic carbocycles. The molecule has 5 heteroatoms. The molecule has 0 radical (unpaired) electrons. The number of nitrogens with zero attached hydrogens (tertiary/aromatic N) is 1. The van der Waals surface area contributed by atoms with Gasteiger partial charge in [0, 0.05) is 22.9 Å². The second-order valence-electron chi connectivity index (χ2n) is 5.15. The number of thiophene rings is 1. The van der Waals surface area contributed by atoms with E-state index in [2.05, 4.69) is 6.58 Å². The van der Waals surface area contributed by atoms with Crippen molar-refractivity contribution >= 4 is 28.8 Å². The second-order valence-corrected chi connectivity index (χ2v) is 6.91. The molecule has 0 spiro atoms. The molecule has 2 aromatic rings. The summed E-state index contributed by atoms with van der Waals surface area (Å²) < 4.78 is 6.24. The molecule has 3 nitrogen and oxygen atoms in total. The summed E-state index contributed by atoms with van der Waals surface area (Å²) in [5.74, 6) is 0.830. The molecule has 0 N–H and O–H groups in total. The number of fused-ring (bicyclic) bond motifs is 1. The fraction of sp³-hybridized carbons (Fsp3) is 0.235. The van der Waals surface area contributed by atoms with Crippen molar-refractivity contribution in [3.05, 3.63) is 63.3 Å². The lowest BCUT2D eigenvalue weighted by Crippen LogP contribution is -2.37. The monoisotopic (exact) mass is 333 g/mol. The van der Waals surface area contributed by atoms with Gasteiger partial charge in [-0.15, -0.1) is 11.3 Å². The van der Waals surface area contributed by atoms with Crippen LogP contribution in [0.1, 0.15) is 21.9 Å². The number of para-hydroxylation sites is 1. The molecule has 0 unspecified atom stereocenters. The van der Waals surface area contributed by atoms with Crippen LogP contribution in [0.2, 0.25) is 4.34 Å². The van der Waals surface area contributed by atoms with E-state index < -0.39 is 0 Å². The van der Waals surface area contributed by atoms with Crippen molar-refractivity contribution < 1.29 is 9.53 Å². The number of carbonyl (C=O) groups excluding carboxylic acids is 1. The standard InChI is InChI=1S/C17H16ClNO2S/c1-3-17(20)19-9-13(11-6-4-5-7-14(11)21-2)12-8-16(18)22-15(12)10-19/h3-8,13H,1,9-10H2,2H3/t13-/m1/s1. The predicted molar refractivity (Wildman–Crippen MR) is 89.8 cm³/mol. The van der Waals surface area contributed by atoms with E-state index in [0.717, 1.165) is 20.5 Å². The summed E-state index contributed by atoms with van der Waals surface area (Å²) in [6, 6.07) is 9.92. The fourth-order valence-corrected chi connectivity index (χ4v) is 4.26. The predicted octanol–water partition coefficient (Wildman–Crippen LogP) is 4.07. The highest BCUT2D eigenvalue weighted by molar-refractivity contribution is 7.16. The molecule has 1 aliphatic rings. The summed E-state index contributed by atoms with van der Waals surface area (Å²) in [6.45, 7) is 4.78. The van der Waals surface area contributed by atoms with Crippen molar-refractivity contribution in [1.82, 2.24) is 4.90 Å². The van der Waals surface area contributed by atoms with Gasteiger partial charge in [-0.25, -0.2) is 0 Å². The number of halogens is 1. The first-order valence-electron chi connectivity index (χ1n) is 6.96. The van der Waals surface area contributed by atoms with Crippen molar-refractivity contribution in [2.24, 2.45) is 0 Å². The van der Waals surface area contributed by atoms with Gasteiger partial charge in [-0.2, -0.15) is 0 Å². The lowest BCUT2D eigenvalue weighted by Gasteiger charge is -2.33. The van der Waals surface area contributed by atoms with Gasteiger partial charge in [0.15, 0.2) is 0 Å². The smallest absolute Gasteiger partial charge is 0.246 e. The molecule has 3 rings (SSSR count). The average Bonchev–Trinajstić information content (AvgIpc) is 2.93. The Hall–Kier alpha value is -1.78. The summed E-state index contributed by atoms with van der Waals surface area (Å²) in [6.07, 6.45) is 1.36. The van der Waals surface area contributed by atoms with Crippen LogP contribution in [-0.2, 0) is 11.3 Å². The third kappa shape index (κ3) is 2.64. The minimum Gasteiger partial charge on any atom is -0.496 e. The molecule has 114 valence electrons. The highest BCUT2D eigenvalue weighted by Crippen LogP contribution is 2.42. The Morgan fingerprint density at radius 3 is 2.95 bits per heavy atom. The van der Waals surface area contributed by atoms with Crippen LogP contribution in [0.25, 0.3) is 0 Å². The van der Waals surface area contributed by atoms with Crippen molar-refractivity contribution in [3.8, 4) is 5.75 Å². The Labute approximate surface area is 138 Å². The van der Waals surface area contributed by atoms with E-state index in [1.165, 1.54) is 23.0 Å². The Kier molecular flexibility index (Phi) is 4.23. The quantitative estimate of drug-likeness (QED) is 0.792. The van der Waals surface area contributed by atoms with Crippen molar-refractivity contribution in [1.29, 1.82) is 0 Å². The summed E-state index contributed by atoms with van der Waals surface area (Å²) >= 11 is 7.73. The highest BCUT2D eigenvalue weighted by Gasteiger charge is 2.31. The zero-order valence-corrected chi connectivity index (χ0v) is 13.8. The molecule has 1 atom stereocenters. The maximum atomic E-state index is 12.1. The molecule has 1 aliphatic heterocycles. The number of hydrogen-bond donors (Lipinski definition) is 0. The summed E-state index contributed by atoms with van der Waals surface area (Å²) in [7, 11) is 1.66. The van der Waals surface area contributed by atoms with Crippen molar-refractivity contribution in [2.45, 2.75) is 12.5 Å². The van der Waals surface area contributed by atoms with Gasteiger partial charge in [0.1, 0.15) is 5.75 Å². The van der Waals surface area contributed by atoms with Crippen LogP contribution in [-0.4, -0.2) is 24.5 Å². The van der Waals surface area contributed by atoms with Gasteiger partial charge in [0.2, 0.25) is 5.91 Å². The number of rotatable bonds is 3.